The van der Waals surface area contributed by atoms with Gasteiger partial charge in [0.25, 0.3) is 8.32 Å². The Hall–Kier alpha value is -1.42. The molecule has 2 atom stereocenters. The van der Waals surface area contributed by atoms with E-state index in [1.54, 1.807) is 0 Å². The molecule has 0 aliphatic heterocycles. The van der Waals surface area contributed by atoms with E-state index in [-0.39, 0.29) is 17.2 Å². The van der Waals surface area contributed by atoms with Crippen LogP contribution in [0.1, 0.15) is 47.5 Å². The Kier molecular flexibility index (Phi) is 6.61. The molecule has 0 amide bonds. The molecule has 25 heavy (non-hydrogen) atoms. The molecule has 0 aliphatic rings. The van der Waals surface area contributed by atoms with Crippen molar-refractivity contribution in [3.8, 4) is 0 Å². The topological polar surface area (TPSA) is 35.2 Å². The number of benzene rings is 2. The number of rotatable bonds is 7. The van der Waals surface area contributed by atoms with Crippen molar-refractivity contribution >= 4 is 18.7 Å². The molecule has 3 heteroatoms. The number of hydrogen-bond acceptors (Lipinski definition) is 2. The average Bonchev–Trinajstić information content (AvgIpc) is 2.60. The molecular weight excluding hydrogens is 322 g/mol. The first-order valence-electron chi connectivity index (χ1n) is 9.35. The van der Waals surface area contributed by atoms with E-state index in [1.165, 1.54) is 10.4 Å². The molecule has 0 spiro atoms. The summed E-state index contributed by atoms with van der Waals surface area (Å²) in [6.07, 6.45) is 2.00. The van der Waals surface area contributed by atoms with Gasteiger partial charge in [-0.2, -0.15) is 0 Å². The van der Waals surface area contributed by atoms with Gasteiger partial charge in [-0.25, -0.2) is 0 Å². The summed E-state index contributed by atoms with van der Waals surface area (Å²) in [6.45, 7) is 11.2. The Balaban J connectivity index is 2.57. The monoisotopic (exact) mass is 355 g/mol. The van der Waals surface area contributed by atoms with Gasteiger partial charge in [-0.1, -0.05) is 88.4 Å². The van der Waals surface area contributed by atoms with Gasteiger partial charge < -0.3 is 10.2 Å². The molecule has 0 radical (unpaired) electrons. The predicted octanol–water partition coefficient (Wildman–Crippen LogP) is 4.08. The zero-order valence-electron chi connectivity index (χ0n) is 16.3. The molecule has 2 unspecified atom stereocenters. The average molecular weight is 356 g/mol. The Morgan fingerprint density at radius 1 is 0.920 bits per heavy atom. The zero-order chi connectivity index (χ0) is 18.5. The van der Waals surface area contributed by atoms with E-state index in [4.69, 9.17) is 10.2 Å². The number of nitrogens with two attached hydrogens (primary N) is 1. The Morgan fingerprint density at radius 3 is 1.72 bits per heavy atom. The van der Waals surface area contributed by atoms with Gasteiger partial charge in [0.1, 0.15) is 0 Å². The van der Waals surface area contributed by atoms with Crippen LogP contribution in [0.15, 0.2) is 60.7 Å². The highest BCUT2D eigenvalue weighted by atomic mass is 28.4. The van der Waals surface area contributed by atoms with Crippen LogP contribution in [0.25, 0.3) is 0 Å². The van der Waals surface area contributed by atoms with Crippen LogP contribution in [0.4, 0.5) is 0 Å². The number of hydrogen-bond donors (Lipinski definition) is 1. The van der Waals surface area contributed by atoms with Gasteiger partial charge in [-0.15, -0.1) is 0 Å². The first kappa shape index (κ1) is 19.9. The highest BCUT2D eigenvalue weighted by Crippen LogP contribution is 2.37. The minimum Gasteiger partial charge on any atom is -0.405 e. The summed E-state index contributed by atoms with van der Waals surface area (Å²) in [6, 6.07) is 21.8. The molecule has 0 heterocycles. The second-order valence-electron chi connectivity index (χ2n) is 8.00. The third-order valence-electron chi connectivity index (χ3n) is 4.95. The Morgan fingerprint density at radius 2 is 1.36 bits per heavy atom. The second-order valence-corrected chi connectivity index (χ2v) is 12.2. The fraction of sp³-hybridized carbons (Fsp3) is 0.455. The largest absolute Gasteiger partial charge is 0.405 e. The van der Waals surface area contributed by atoms with Gasteiger partial charge >= 0.3 is 0 Å². The molecule has 2 nitrogen and oxygen atoms in total. The smallest absolute Gasteiger partial charge is 0.261 e. The molecule has 2 N–H and O–H groups in total. The molecule has 2 rings (SSSR count). The van der Waals surface area contributed by atoms with Crippen molar-refractivity contribution in [3.05, 3.63) is 60.7 Å². The molecule has 0 saturated heterocycles. The third kappa shape index (κ3) is 4.41. The van der Waals surface area contributed by atoms with Crippen LogP contribution in [0.5, 0.6) is 0 Å². The van der Waals surface area contributed by atoms with E-state index in [0.29, 0.717) is 0 Å². The molecule has 2 aromatic carbocycles. The van der Waals surface area contributed by atoms with Crippen LogP contribution in [0.2, 0.25) is 5.04 Å². The van der Waals surface area contributed by atoms with Gasteiger partial charge in [0.05, 0.1) is 0 Å². The van der Waals surface area contributed by atoms with E-state index in [1.807, 2.05) is 0 Å². The molecular formula is C22H33NOSi. The first-order chi connectivity index (χ1) is 11.8. The van der Waals surface area contributed by atoms with Crippen LogP contribution < -0.4 is 16.1 Å². The molecule has 0 aliphatic carbocycles. The molecule has 2 aromatic rings. The molecule has 0 saturated carbocycles. The maximum Gasteiger partial charge on any atom is 0.261 e. The summed E-state index contributed by atoms with van der Waals surface area (Å²) in [5.41, 5.74) is 6.21. The summed E-state index contributed by atoms with van der Waals surface area (Å²) in [5, 5.41) is 2.66. The van der Waals surface area contributed by atoms with Crippen LogP contribution in [-0.2, 0) is 4.43 Å². The lowest BCUT2D eigenvalue weighted by molar-refractivity contribution is 0.186. The lowest BCUT2D eigenvalue weighted by Crippen LogP contribution is -2.67. The van der Waals surface area contributed by atoms with Crippen molar-refractivity contribution in [1.82, 2.24) is 0 Å². The van der Waals surface area contributed by atoms with E-state index in [9.17, 15) is 0 Å². The Bertz CT molecular complexity index is 597. The van der Waals surface area contributed by atoms with Gasteiger partial charge in [0.15, 0.2) is 0 Å². The highest BCUT2D eigenvalue weighted by Gasteiger charge is 2.50. The van der Waals surface area contributed by atoms with E-state index in [2.05, 4.69) is 95.3 Å². The molecule has 0 bridgehead atoms. The normalized spacial score (nSPS) is 15.0. The van der Waals surface area contributed by atoms with Gasteiger partial charge in [-0.05, 0) is 35.2 Å². The van der Waals surface area contributed by atoms with E-state index < -0.39 is 8.32 Å². The summed E-state index contributed by atoms with van der Waals surface area (Å²) in [5.74, 6) is 0. The SMILES string of the molecule is CCC(N)CC(C)O[Si](c1ccccc1)(c1ccccc1)C(C)(C)C. The van der Waals surface area contributed by atoms with Crippen molar-refractivity contribution < 1.29 is 4.43 Å². The third-order valence-corrected chi connectivity index (χ3v) is 10.1. The maximum atomic E-state index is 7.01. The minimum atomic E-state index is -2.45. The van der Waals surface area contributed by atoms with Gasteiger partial charge in [-0.3, -0.25) is 0 Å². The second kappa shape index (κ2) is 8.30. The maximum absolute atomic E-state index is 7.01. The fourth-order valence-electron chi connectivity index (χ4n) is 3.63. The molecule has 136 valence electrons. The summed E-state index contributed by atoms with van der Waals surface area (Å²) in [7, 11) is -2.45. The van der Waals surface area contributed by atoms with Gasteiger partial charge in [0.2, 0.25) is 0 Å². The lowest BCUT2D eigenvalue weighted by atomic mass is 10.1. The summed E-state index contributed by atoms with van der Waals surface area (Å²) < 4.78 is 7.01. The van der Waals surface area contributed by atoms with Crippen molar-refractivity contribution in [2.24, 2.45) is 5.73 Å². The van der Waals surface area contributed by atoms with Crippen LogP contribution in [-0.4, -0.2) is 20.5 Å². The lowest BCUT2D eigenvalue weighted by Gasteiger charge is -2.45. The minimum absolute atomic E-state index is 0.0142. The molecule has 0 fully saturated rings. The first-order valence-corrected chi connectivity index (χ1v) is 11.3. The van der Waals surface area contributed by atoms with Crippen LogP contribution in [0, 0.1) is 0 Å². The van der Waals surface area contributed by atoms with Crippen molar-refractivity contribution in [1.29, 1.82) is 0 Å². The van der Waals surface area contributed by atoms with Crippen molar-refractivity contribution in [3.63, 3.8) is 0 Å². The fourth-order valence-corrected chi connectivity index (χ4v) is 8.35. The quantitative estimate of drug-likeness (QED) is 0.760. The standard InChI is InChI=1S/C22H33NOSi/c1-6-19(23)17-18(2)24-25(22(3,4)5,20-13-9-7-10-14-20)21-15-11-8-12-16-21/h7-16,18-19H,6,17,23H2,1-5H3. The highest BCUT2D eigenvalue weighted by molar-refractivity contribution is 6.99. The van der Waals surface area contributed by atoms with Crippen LogP contribution >= 0.6 is 0 Å². The summed E-state index contributed by atoms with van der Waals surface area (Å²) >= 11 is 0. The zero-order valence-corrected chi connectivity index (χ0v) is 17.3. The Labute approximate surface area is 154 Å². The van der Waals surface area contributed by atoms with E-state index >= 15 is 0 Å². The van der Waals surface area contributed by atoms with E-state index in [0.717, 1.165) is 12.8 Å². The van der Waals surface area contributed by atoms with Crippen LogP contribution in [0.3, 0.4) is 0 Å². The molecule has 0 aromatic heterocycles. The van der Waals surface area contributed by atoms with Gasteiger partial charge in [0, 0.05) is 12.1 Å². The van der Waals surface area contributed by atoms with Crippen molar-refractivity contribution in [2.75, 3.05) is 0 Å². The predicted molar refractivity (Wildman–Crippen MR) is 111 cm³/mol. The summed E-state index contributed by atoms with van der Waals surface area (Å²) in [4.78, 5) is 0. The van der Waals surface area contributed by atoms with Crippen molar-refractivity contribution in [2.45, 2.75) is 64.6 Å².